The van der Waals surface area contributed by atoms with Crippen LogP contribution in [-0.4, -0.2) is 34.5 Å². The normalized spacial score (nSPS) is 28.1. The average Bonchev–Trinajstić information content (AvgIpc) is 2.76. The molecule has 4 bridgehead atoms. The van der Waals surface area contributed by atoms with Gasteiger partial charge < -0.3 is 5.32 Å². The molecule has 0 radical (unpaired) electrons. The van der Waals surface area contributed by atoms with Crippen LogP contribution in [0.5, 0.6) is 0 Å². The third kappa shape index (κ3) is 5.08. The minimum Gasteiger partial charge on any atom is -0.347 e. The highest BCUT2D eigenvalue weighted by Crippen LogP contribution is 2.55. The van der Waals surface area contributed by atoms with Crippen LogP contribution in [0, 0.1) is 17.8 Å². The van der Waals surface area contributed by atoms with Crippen LogP contribution in [0.15, 0.2) is 52.3 Å². The Kier molecular flexibility index (Phi) is 6.51. The van der Waals surface area contributed by atoms with Gasteiger partial charge in [0.2, 0.25) is 19.9 Å². The number of hydrogen-bond acceptors (Lipinski definition) is 5. The molecule has 6 rings (SSSR count). The van der Waals surface area contributed by atoms with Crippen LogP contribution in [0.2, 0.25) is 5.02 Å². The first-order valence-electron chi connectivity index (χ1n) is 12.3. The lowest BCUT2D eigenvalue weighted by Crippen LogP contribution is -2.59. The number of carbonyl (C=O) groups is 1. The summed E-state index contributed by atoms with van der Waals surface area (Å²) in [7, 11) is -7.45. The third-order valence-electron chi connectivity index (χ3n) is 7.97. The second kappa shape index (κ2) is 9.11. The number of sulfonamides is 1. The molecule has 2 N–H and O–H groups in total. The van der Waals surface area contributed by atoms with Gasteiger partial charge in [0.15, 0.2) is 0 Å². The molecular formula is C26H31ClN2O5S2. The first-order valence-corrected chi connectivity index (χ1v) is 16.0. The highest BCUT2D eigenvalue weighted by Gasteiger charge is 2.51. The van der Waals surface area contributed by atoms with Crippen molar-refractivity contribution >= 4 is 37.4 Å². The van der Waals surface area contributed by atoms with Crippen LogP contribution in [0.25, 0.3) is 0 Å². The molecule has 1 atom stereocenters. The van der Waals surface area contributed by atoms with Crippen molar-refractivity contribution in [3.8, 4) is 0 Å². The van der Waals surface area contributed by atoms with Crippen molar-refractivity contribution in [2.45, 2.75) is 66.8 Å². The zero-order valence-electron chi connectivity index (χ0n) is 20.3. The molecule has 0 spiro atoms. The number of rotatable bonds is 7. The van der Waals surface area contributed by atoms with Gasteiger partial charge in [0.25, 0.3) is 5.91 Å². The van der Waals surface area contributed by atoms with Crippen molar-refractivity contribution in [2.75, 3.05) is 6.26 Å². The lowest BCUT2D eigenvalue weighted by Gasteiger charge is -2.56. The van der Waals surface area contributed by atoms with Crippen LogP contribution in [0.3, 0.4) is 0 Å². The predicted octanol–water partition coefficient (Wildman–Crippen LogP) is 4.48. The summed E-state index contributed by atoms with van der Waals surface area (Å²) in [6.07, 6.45) is 7.64. The van der Waals surface area contributed by atoms with E-state index in [1.54, 1.807) is 19.1 Å². The Bertz CT molecular complexity index is 1370. The van der Waals surface area contributed by atoms with E-state index in [0.717, 1.165) is 25.5 Å². The molecule has 4 aliphatic rings. The molecule has 7 nitrogen and oxygen atoms in total. The molecule has 4 fully saturated rings. The summed E-state index contributed by atoms with van der Waals surface area (Å²) in [5.41, 5.74) is 0.407. The fourth-order valence-electron chi connectivity index (χ4n) is 6.94. The molecule has 10 heteroatoms. The molecule has 2 aromatic rings. The quantitative estimate of drug-likeness (QED) is 0.528. The van der Waals surface area contributed by atoms with E-state index in [1.165, 1.54) is 49.6 Å². The van der Waals surface area contributed by atoms with Crippen molar-refractivity contribution in [3.05, 3.63) is 58.6 Å². The Balaban J connectivity index is 1.43. The number of carbonyl (C=O) groups excluding carboxylic acids is 1. The van der Waals surface area contributed by atoms with Crippen molar-refractivity contribution in [1.29, 1.82) is 0 Å². The fraction of sp³-hybridized carbons (Fsp3) is 0.500. The smallest absolute Gasteiger partial charge is 0.253 e. The number of benzene rings is 2. The molecule has 0 saturated heterocycles. The zero-order chi connectivity index (χ0) is 25.9. The number of sulfone groups is 1. The SMILES string of the molecule is CC(NS(C)(=O)=O)c1ccc(S(=O)(=O)c2ccc(Cl)cc2C(=O)NC23CC4CC(CC(C4)C2)C3)cc1. The number of halogens is 1. The Morgan fingerprint density at radius 1 is 0.944 bits per heavy atom. The van der Waals surface area contributed by atoms with E-state index in [-0.39, 0.29) is 20.9 Å². The summed E-state index contributed by atoms with van der Waals surface area (Å²) in [5, 5.41) is 3.54. The Hall–Kier alpha value is -1.94. The van der Waals surface area contributed by atoms with Gasteiger partial charge in [-0.15, -0.1) is 0 Å². The highest BCUT2D eigenvalue weighted by atomic mass is 35.5. The maximum Gasteiger partial charge on any atom is 0.253 e. The van der Waals surface area contributed by atoms with Crippen molar-refractivity contribution < 1.29 is 21.6 Å². The third-order valence-corrected chi connectivity index (χ3v) is 10.8. The summed E-state index contributed by atoms with van der Waals surface area (Å²) >= 11 is 6.21. The lowest BCUT2D eigenvalue weighted by molar-refractivity contribution is -0.0167. The monoisotopic (exact) mass is 550 g/mol. The van der Waals surface area contributed by atoms with Gasteiger partial charge in [-0.3, -0.25) is 4.79 Å². The van der Waals surface area contributed by atoms with Crippen molar-refractivity contribution in [2.24, 2.45) is 17.8 Å². The minimum absolute atomic E-state index is 0.0176. The first kappa shape index (κ1) is 25.7. The maximum absolute atomic E-state index is 13.6. The molecule has 0 aliphatic heterocycles. The molecule has 194 valence electrons. The van der Waals surface area contributed by atoms with Crippen LogP contribution in [0.1, 0.15) is 67.4 Å². The molecule has 0 aromatic heterocycles. The average molecular weight is 551 g/mol. The second-order valence-electron chi connectivity index (χ2n) is 11.0. The molecule has 2 aromatic carbocycles. The second-order valence-corrected chi connectivity index (χ2v) is 15.1. The lowest BCUT2D eigenvalue weighted by atomic mass is 9.53. The molecular weight excluding hydrogens is 520 g/mol. The van der Waals surface area contributed by atoms with Crippen LogP contribution in [0.4, 0.5) is 0 Å². The molecule has 4 saturated carbocycles. The number of hydrogen-bond donors (Lipinski definition) is 2. The standard InChI is InChI=1S/C26H31ClN2O5S2/c1-16(29-35(2,31)32)20-3-6-22(7-4-20)36(33,34)24-8-5-21(27)12-23(24)25(30)28-26-13-17-9-18(14-26)11-19(10-17)15-26/h3-8,12,16-19,29H,9-11,13-15H2,1-2H3,(H,28,30). The Morgan fingerprint density at radius 2 is 1.50 bits per heavy atom. The molecule has 4 aliphatic carbocycles. The Morgan fingerprint density at radius 3 is 2.03 bits per heavy atom. The van der Waals surface area contributed by atoms with E-state index in [0.29, 0.717) is 28.3 Å². The van der Waals surface area contributed by atoms with E-state index < -0.39 is 31.8 Å². The van der Waals surface area contributed by atoms with Crippen LogP contribution >= 0.6 is 11.6 Å². The van der Waals surface area contributed by atoms with Crippen molar-refractivity contribution in [1.82, 2.24) is 10.0 Å². The van der Waals surface area contributed by atoms with Gasteiger partial charge in [0.1, 0.15) is 0 Å². The van der Waals surface area contributed by atoms with Crippen molar-refractivity contribution in [3.63, 3.8) is 0 Å². The van der Waals surface area contributed by atoms with E-state index in [1.807, 2.05) is 0 Å². The van der Waals surface area contributed by atoms with Crippen LogP contribution < -0.4 is 10.0 Å². The summed E-state index contributed by atoms with van der Waals surface area (Å²) < 4.78 is 52.7. The molecule has 1 unspecified atom stereocenters. The van der Waals surface area contributed by atoms with Crippen LogP contribution in [-0.2, 0) is 19.9 Å². The molecule has 36 heavy (non-hydrogen) atoms. The largest absolute Gasteiger partial charge is 0.347 e. The molecule has 0 heterocycles. The van der Waals surface area contributed by atoms with Gasteiger partial charge in [-0.2, -0.15) is 0 Å². The zero-order valence-corrected chi connectivity index (χ0v) is 22.7. The van der Waals surface area contributed by atoms with Gasteiger partial charge in [0.05, 0.1) is 21.6 Å². The summed E-state index contributed by atoms with van der Waals surface area (Å²) in [5.74, 6) is 1.51. The van der Waals surface area contributed by atoms with Gasteiger partial charge in [-0.05, 0) is 99.1 Å². The van der Waals surface area contributed by atoms with E-state index >= 15 is 0 Å². The topological polar surface area (TPSA) is 109 Å². The van der Waals surface area contributed by atoms with Gasteiger partial charge in [0, 0.05) is 16.6 Å². The summed E-state index contributed by atoms with van der Waals surface area (Å²) in [6, 6.07) is 9.77. The number of amides is 1. The summed E-state index contributed by atoms with van der Waals surface area (Å²) in [4.78, 5) is 13.5. The van der Waals surface area contributed by atoms with Gasteiger partial charge >= 0.3 is 0 Å². The maximum atomic E-state index is 13.6. The number of nitrogens with one attached hydrogen (secondary N) is 2. The first-order chi connectivity index (χ1) is 16.8. The van der Waals surface area contributed by atoms with E-state index in [9.17, 15) is 21.6 Å². The predicted molar refractivity (Wildman–Crippen MR) is 138 cm³/mol. The van der Waals surface area contributed by atoms with E-state index in [4.69, 9.17) is 11.6 Å². The molecule has 1 amide bonds. The fourth-order valence-corrected chi connectivity index (χ4v) is 9.32. The van der Waals surface area contributed by atoms with E-state index in [2.05, 4.69) is 10.0 Å². The van der Waals surface area contributed by atoms with Gasteiger partial charge in [-0.25, -0.2) is 21.6 Å². The Labute approximate surface area is 218 Å². The minimum atomic E-state index is -4.03. The highest BCUT2D eigenvalue weighted by molar-refractivity contribution is 7.91. The summed E-state index contributed by atoms with van der Waals surface area (Å²) in [6.45, 7) is 1.68. The van der Waals surface area contributed by atoms with Gasteiger partial charge in [-0.1, -0.05) is 23.7 Å².